The predicted molar refractivity (Wildman–Crippen MR) is 72.3 cm³/mol. The topological polar surface area (TPSA) is 47.3 Å². The molecule has 0 aromatic heterocycles. The average Bonchev–Trinajstić information content (AvgIpc) is 3.12. The molecule has 4 fully saturated rings. The first-order chi connectivity index (χ1) is 9.17. The third-order valence-electron chi connectivity index (χ3n) is 6.76. The van der Waals surface area contributed by atoms with E-state index in [1.807, 2.05) is 0 Å². The van der Waals surface area contributed by atoms with Gasteiger partial charge in [-0.15, -0.1) is 0 Å². The Morgan fingerprint density at radius 1 is 1.16 bits per heavy atom. The summed E-state index contributed by atoms with van der Waals surface area (Å²) in [6, 6.07) is 3.17. The molecule has 2 heterocycles. The number of fused-ring (bicyclic) bond motifs is 3. The fourth-order valence-corrected chi connectivity index (χ4v) is 5.79. The molecule has 2 aliphatic heterocycles. The van der Waals surface area contributed by atoms with Gasteiger partial charge in [0.05, 0.1) is 17.1 Å². The van der Waals surface area contributed by atoms with Crippen LogP contribution < -0.4 is 0 Å². The molecular weight excluding hydrogens is 236 g/mol. The van der Waals surface area contributed by atoms with Gasteiger partial charge in [-0.25, -0.2) is 0 Å². The largest absolute Gasteiger partial charge is 0.388 e. The molecule has 4 aliphatic rings. The fourth-order valence-electron chi connectivity index (χ4n) is 5.79. The highest BCUT2D eigenvalue weighted by Crippen LogP contribution is 2.62. The van der Waals surface area contributed by atoms with Crippen LogP contribution in [0.5, 0.6) is 0 Å². The van der Waals surface area contributed by atoms with Gasteiger partial charge in [-0.2, -0.15) is 5.26 Å². The molecule has 4 rings (SSSR count). The number of piperidine rings is 1. The summed E-state index contributed by atoms with van der Waals surface area (Å²) in [5.41, 5.74) is -1.11. The standard InChI is InChI=1S/C16H24N2O/c17-11-15(9-12-3-4-13(15)8-12)16(19)5-7-18-6-1-2-14(18)10-16/h12-14,19H,1-10H2. The maximum absolute atomic E-state index is 11.3. The first-order valence-electron chi connectivity index (χ1n) is 8.04. The lowest BCUT2D eigenvalue weighted by molar-refractivity contribution is -0.127. The van der Waals surface area contributed by atoms with Gasteiger partial charge in [-0.1, -0.05) is 6.42 Å². The van der Waals surface area contributed by atoms with Crippen molar-refractivity contribution in [1.82, 2.24) is 4.90 Å². The summed E-state index contributed by atoms with van der Waals surface area (Å²) in [4.78, 5) is 2.53. The number of nitriles is 1. The van der Waals surface area contributed by atoms with Gasteiger partial charge < -0.3 is 10.0 Å². The number of rotatable bonds is 1. The highest BCUT2D eigenvalue weighted by atomic mass is 16.3. The lowest BCUT2D eigenvalue weighted by Crippen LogP contribution is -2.58. The molecule has 2 saturated carbocycles. The Morgan fingerprint density at radius 3 is 2.74 bits per heavy atom. The molecule has 0 spiro atoms. The maximum Gasteiger partial charge on any atom is 0.0892 e. The minimum atomic E-state index is -0.701. The van der Waals surface area contributed by atoms with Gasteiger partial charge in [0.1, 0.15) is 0 Å². The summed E-state index contributed by atoms with van der Waals surface area (Å²) in [5.74, 6) is 1.19. The summed E-state index contributed by atoms with van der Waals surface area (Å²) >= 11 is 0. The van der Waals surface area contributed by atoms with Crippen LogP contribution in [-0.2, 0) is 0 Å². The number of hydrogen-bond donors (Lipinski definition) is 1. The van der Waals surface area contributed by atoms with E-state index in [0.29, 0.717) is 12.0 Å². The Balaban J connectivity index is 1.65. The van der Waals surface area contributed by atoms with E-state index in [-0.39, 0.29) is 0 Å². The third kappa shape index (κ3) is 1.51. The monoisotopic (exact) mass is 260 g/mol. The summed E-state index contributed by atoms with van der Waals surface area (Å²) in [6.45, 7) is 2.20. The van der Waals surface area contributed by atoms with Crippen LogP contribution in [0, 0.1) is 28.6 Å². The zero-order valence-electron chi connectivity index (χ0n) is 11.6. The van der Waals surface area contributed by atoms with Gasteiger partial charge in [0.15, 0.2) is 0 Å². The van der Waals surface area contributed by atoms with Gasteiger partial charge in [0.25, 0.3) is 0 Å². The molecule has 2 bridgehead atoms. The molecule has 1 N–H and O–H groups in total. The Kier molecular flexibility index (Phi) is 2.54. The van der Waals surface area contributed by atoms with Crippen LogP contribution in [-0.4, -0.2) is 34.7 Å². The zero-order chi connectivity index (χ0) is 13.1. The predicted octanol–water partition coefficient (Wildman–Crippen LogP) is 2.31. The fraction of sp³-hybridized carbons (Fsp3) is 0.938. The van der Waals surface area contributed by atoms with Crippen LogP contribution in [0.4, 0.5) is 0 Å². The molecule has 0 aromatic carbocycles. The van der Waals surface area contributed by atoms with E-state index in [4.69, 9.17) is 0 Å². The van der Waals surface area contributed by atoms with Crippen molar-refractivity contribution in [2.75, 3.05) is 13.1 Å². The smallest absolute Gasteiger partial charge is 0.0892 e. The van der Waals surface area contributed by atoms with Crippen LogP contribution in [0.2, 0.25) is 0 Å². The molecule has 3 heteroatoms. The van der Waals surface area contributed by atoms with Gasteiger partial charge in [0.2, 0.25) is 0 Å². The van der Waals surface area contributed by atoms with Crippen molar-refractivity contribution in [3.8, 4) is 6.07 Å². The second kappa shape index (κ2) is 3.96. The van der Waals surface area contributed by atoms with E-state index in [0.717, 1.165) is 31.7 Å². The Labute approximate surface area is 115 Å². The normalized spacial score (nSPS) is 53.2. The van der Waals surface area contributed by atoms with Crippen molar-refractivity contribution in [2.24, 2.45) is 17.3 Å². The highest BCUT2D eigenvalue weighted by Gasteiger charge is 2.63. The summed E-state index contributed by atoms with van der Waals surface area (Å²) in [5, 5.41) is 21.2. The Morgan fingerprint density at radius 2 is 2.05 bits per heavy atom. The van der Waals surface area contributed by atoms with Crippen molar-refractivity contribution >= 4 is 0 Å². The summed E-state index contributed by atoms with van der Waals surface area (Å²) in [6.07, 6.45) is 8.80. The first-order valence-corrected chi connectivity index (χ1v) is 8.04. The van der Waals surface area contributed by atoms with Crippen molar-refractivity contribution in [1.29, 1.82) is 5.26 Å². The third-order valence-corrected chi connectivity index (χ3v) is 6.76. The molecular formula is C16H24N2O. The van der Waals surface area contributed by atoms with Crippen LogP contribution >= 0.6 is 0 Å². The van der Waals surface area contributed by atoms with Gasteiger partial charge >= 0.3 is 0 Å². The molecule has 2 saturated heterocycles. The van der Waals surface area contributed by atoms with E-state index in [1.165, 1.54) is 38.6 Å². The van der Waals surface area contributed by atoms with E-state index in [1.54, 1.807) is 0 Å². The minimum Gasteiger partial charge on any atom is -0.388 e. The molecule has 2 aliphatic carbocycles. The Hall–Kier alpha value is -0.590. The zero-order valence-corrected chi connectivity index (χ0v) is 11.6. The maximum atomic E-state index is 11.3. The van der Waals surface area contributed by atoms with E-state index < -0.39 is 11.0 Å². The van der Waals surface area contributed by atoms with Crippen molar-refractivity contribution in [3.05, 3.63) is 0 Å². The van der Waals surface area contributed by atoms with Gasteiger partial charge in [0, 0.05) is 12.6 Å². The van der Waals surface area contributed by atoms with Crippen LogP contribution in [0.3, 0.4) is 0 Å². The molecule has 5 atom stereocenters. The van der Waals surface area contributed by atoms with E-state index in [9.17, 15) is 10.4 Å². The minimum absolute atomic E-state index is 0.412. The summed E-state index contributed by atoms with van der Waals surface area (Å²) in [7, 11) is 0. The molecule has 0 amide bonds. The van der Waals surface area contributed by atoms with Gasteiger partial charge in [-0.05, 0) is 63.3 Å². The lowest BCUT2D eigenvalue weighted by atomic mass is 9.59. The molecule has 19 heavy (non-hydrogen) atoms. The SMILES string of the molecule is N#CC1(C2(O)CCN3CCCC3C2)CC2CCC1C2. The van der Waals surface area contributed by atoms with E-state index in [2.05, 4.69) is 11.0 Å². The number of aliphatic hydroxyl groups is 1. The van der Waals surface area contributed by atoms with E-state index >= 15 is 0 Å². The number of nitrogens with zero attached hydrogens (tertiary/aromatic N) is 2. The summed E-state index contributed by atoms with van der Waals surface area (Å²) < 4.78 is 0. The molecule has 104 valence electrons. The molecule has 0 radical (unpaired) electrons. The van der Waals surface area contributed by atoms with Crippen molar-refractivity contribution in [3.63, 3.8) is 0 Å². The molecule has 0 aromatic rings. The van der Waals surface area contributed by atoms with Crippen molar-refractivity contribution in [2.45, 2.75) is 63.0 Å². The molecule has 3 nitrogen and oxygen atoms in total. The van der Waals surface area contributed by atoms with Gasteiger partial charge in [-0.3, -0.25) is 0 Å². The number of hydrogen-bond acceptors (Lipinski definition) is 3. The lowest BCUT2D eigenvalue weighted by Gasteiger charge is -2.51. The second-order valence-electron chi connectivity index (χ2n) is 7.48. The second-order valence-corrected chi connectivity index (χ2v) is 7.48. The Bertz CT molecular complexity index is 431. The quantitative estimate of drug-likeness (QED) is 0.787. The first kappa shape index (κ1) is 12.2. The van der Waals surface area contributed by atoms with Crippen LogP contribution in [0.1, 0.15) is 51.4 Å². The average molecular weight is 260 g/mol. The van der Waals surface area contributed by atoms with Crippen molar-refractivity contribution < 1.29 is 5.11 Å². The highest BCUT2D eigenvalue weighted by molar-refractivity contribution is 5.21. The van der Waals surface area contributed by atoms with Crippen LogP contribution in [0.15, 0.2) is 0 Å². The molecule has 5 unspecified atom stereocenters. The van der Waals surface area contributed by atoms with Crippen LogP contribution in [0.25, 0.3) is 0 Å².